The van der Waals surface area contributed by atoms with Crippen molar-refractivity contribution in [2.45, 2.75) is 25.8 Å². The molecule has 0 spiro atoms. The summed E-state index contributed by atoms with van der Waals surface area (Å²) in [4.78, 5) is 27.6. The largest absolute Gasteiger partial charge is 0.481 e. The van der Waals surface area contributed by atoms with Gasteiger partial charge in [-0.25, -0.2) is 0 Å². The van der Waals surface area contributed by atoms with E-state index >= 15 is 0 Å². The second-order valence-corrected chi connectivity index (χ2v) is 4.38. The van der Waals surface area contributed by atoms with E-state index in [1.54, 1.807) is 4.90 Å². The van der Waals surface area contributed by atoms with Crippen LogP contribution in [-0.2, 0) is 9.59 Å². The van der Waals surface area contributed by atoms with Crippen LogP contribution in [0.25, 0.3) is 0 Å². The number of hydrogen-bond donors (Lipinski definition) is 2. The monoisotopic (exact) mass is 236 g/mol. The average Bonchev–Trinajstić information content (AvgIpc) is 2.96. The maximum atomic E-state index is 12.0. The lowest BCUT2D eigenvalue weighted by molar-refractivity contribution is -0.150. The lowest BCUT2D eigenvalue weighted by Crippen LogP contribution is -2.37. The van der Waals surface area contributed by atoms with E-state index in [1.165, 1.54) is 6.92 Å². The molecule has 0 bridgehead atoms. The predicted molar refractivity (Wildman–Crippen MR) is 61.3 cm³/mol. The Bertz CT molecular complexity index is 413. The van der Waals surface area contributed by atoms with Crippen LogP contribution >= 0.6 is 0 Å². The van der Waals surface area contributed by atoms with Crippen LogP contribution in [0.4, 0.5) is 0 Å². The highest BCUT2D eigenvalue weighted by Gasteiger charge is 2.35. The Kier molecular flexibility index (Phi) is 3.17. The van der Waals surface area contributed by atoms with Gasteiger partial charge in [-0.1, -0.05) is 0 Å². The molecule has 2 unspecified atom stereocenters. The minimum Gasteiger partial charge on any atom is -0.481 e. The second kappa shape index (κ2) is 4.61. The zero-order valence-electron chi connectivity index (χ0n) is 9.72. The molecule has 1 aliphatic rings. The van der Waals surface area contributed by atoms with E-state index in [1.807, 2.05) is 18.3 Å². The summed E-state index contributed by atoms with van der Waals surface area (Å²) in [5.74, 6) is -2.33. The first-order valence-electron chi connectivity index (χ1n) is 5.78. The molecule has 0 aliphatic carbocycles. The van der Waals surface area contributed by atoms with Crippen LogP contribution in [0.2, 0.25) is 0 Å². The number of nitrogens with zero attached hydrogens (tertiary/aromatic N) is 1. The topological polar surface area (TPSA) is 73.4 Å². The Labute approximate surface area is 99.4 Å². The Morgan fingerprint density at radius 3 is 2.94 bits per heavy atom. The molecule has 92 valence electrons. The Morgan fingerprint density at radius 1 is 1.59 bits per heavy atom. The van der Waals surface area contributed by atoms with Crippen LogP contribution < -0.4 is 0 Å². The molecule has 5 nitrogen and oxygen atoms in total. The van der Waals surface area contributed by atoms with Gasteiger partial charge in [-0.3, -0.25) is 9.59 Å². The smallest absolute Gasteiger partial charge is 0.315 e. The number of aromatic nitrogens is 1. The van der Waals surface area contributed by atoms with E-state index in [2.05, 4.69) is 4.98 Å². The highest BCUT2D eigenvalue weighted by atomic mass is 16.4. The first-order chi connectivity index (χ1) is 8.11. The molecule has 1 aromatic rings. The number of aliphatic carboxylic acids is 1. The van der Waals surface area contributed by atoms with Gasteiger partial charge in [0.05, 0.1) is 6.04 Å². The van der Waals surface area contributed by atoms with Gasteiger partial charge in [-0.2, -0.15) is 0 Å². The zero-order chi connectivity index (χ0) is 12.4. The minimum atomic E-state index is -1.06. The first-order valence-corrected chi connectivity index (χ1v) is 5.78. The second-order valence-electron chi connectivity index (χ2n) is 4.38. The number of H-pyrrole nitrogens is 1. The van der Waals surface area contributed by atoms with E-state index < -0.39 is 11.9 Å². The average molecular weight is 236 g/mol. The van der Waals surface area contributed by atoms with Crippen LogP contribution in [0.5, 0.6) is 0 Å². The van der Waals surface area contributed by atoms with Gasteiger partial charge >= 0.3 is 5.97 Å². The fraction of sp³-hybridized carbons (Fsp3) is 0.500. The van der Waals surface area contributed by atoms with Crippen LogP contribution in [0.3, 0.4) is 0 Å². The third-order valence-corrected chi connectivity index (χ3v) is 3.26. The number of amides is 1. The quantitative estimate of drug-likeness (QED) is 0.779. The summed E-state index contributed by atoms with van der Waals surface area (Å²) in [6.45, 7) is 2.08. The summed E-state index contributed by atoms with van der Waals surface area (Å²) in [5.41, 5.74) is 0.980. The summed E-state index contributed by atoms with van der Waals surface area (Å²) in [6.07, 6.45) is 3.62. The lowest BCUT2D eigenvalue weighted by Gasteiger charge is -2.25. The van der Waals surface area contributed by atoms with Gasteiger partial charge in [-0.15, -0.1) is 0 Å². The number of likely N-dealkylation sites (tertiary alicyclic amines) is 1. The Balaban J connectivity index is 2.15. The van der Waals surface area contributed by atoms with E-state index in [4.69, 9.17) is 5.11 Å². The maximum absolute atomic E-state index is 12.0. The number of aromatic amines is 1. The van der Waals surface area contributed by atoms with Gasteiger partial charge in [0.25, 0.3) is 0 Å². The number of carbonyl (C=O) groups is 2. The van der Waals surface area contributed by atoms with Crippen molar-refractivity contribution < 1.29 is 14.7 Å². The van der Waals surface area contributed by atoms with E-state index in [0.717, 1.165) is 18.5 Å². The molecule has 2 atom stereocenters. The van der Waals surface area contributed by atoms with E-state index in [-0.39, 0.29) is 11.9 Å². The molecule has 5 heteroatoms. The van der Waals surface area contributed by atoms with Crippen molar-refractivity contribution in [3.05, 3.63) is 24.0 Å². The molecule has 0 aromatic carbocycles. The van der Waals surface area contributed by atoms with Crippen molar-refractivity contribution in [1.29, 1.82) is 0 Å². The van der Waals surface area contributed by atoms with Gasteiger partial charge in [0.15, 0.2) is 0 Å². The molecule has 2 heterocycles. The first kappa shape index (κ1) is 11.7. The molecule has 1 aliphatic heterocycles. The van der Waals surface area contributed by atoms with Crippen LogP contribution in [0, 0.1) is 5.92 Å². The van der Waals surface area contributed by atoms with Crippen molar-refractivity contribution >= 4 is 11.9 Å². The van der Waals surface area contributed by atoms with Crippen LogP contribution in [-0.4, -0.2) is 33.4 Å². The fourth-order valence-corrected chi connectivity index (χ4v) is 2.26. The molecule has 0 radical (unpaired) electrons. The van der Waals surface area contributed by atoms with Gasteiger partial charge < -0.3 is 15.0 Å². The maximum Gasteiger partial charge on any atom is 0.315 e. The normalized spacial score (nSPS) is 21.5. The van der Waals surface area contributed by atoms with E-state index in [9.17, 15) is 9.59 Å². The van der Waals surface area contributed by atoms with Crippen molar-refractivity contribution in [3.63, 3.8) is 0 Å². The Morgan fingerprint density at radius 2 is 2.35 bits per heavy atom. The van der Waals surface area contributed by atoms with Crippen LogP contribution in [0.15, 0.2) is 18.3 Å². The van der Waals surface area contributed by atoms with Gasteiger partial charge in [0, 0.05) is 18.4 Å². The van der Waals surface area contributed by atoms with Crippen LogP contribution in [0.1, 0.15) is 31.5 Å². The molecule has 2 rings (SSSR count). The van der Waals surface area contributed by atoms with Gasteiger partial charge in [0.2, 0.25) is 5.91 Å². The highest BCUT2D eigenvalue weighted by molar-refractivity contribution is 5.96. The third-order valence-electron chi connectivity index (χ3n) is 3.26. The summed E-state index contributed by atoms with van der Waals surface area (Å²) >= 11 is 0. The number of carboxylic acid groups (broad SMARTS) is 1. The predicted octanol–water partition coefficient (Wildman–Crippen LogP) is 1.40. The third kappa shape index (κ3) is 2.18. The summed E-state index contributed by atoms with van der Waals surface area (Å²) in [6, 6.07) is 3.82. The van der Waals surface area contributed by atoms with Crippen molar-refractivity contribution in [1.82, 2.24) is 9.88 Å². The molecule has 17 heavy (non-hydrogen) atoms. The molecule has 1 saturated heterocycles. The van der Waals surface area contributed by atoms with Crippen molar-refractivity contribution in [2.24, 2.45) is 5.92 Å². The van der Waals surface area contributed by atoms with Crippen molar-refractivity contribution in [2.75, 3.05) is 6.54 Å². The highest BCUT2D eigenvalue weighted by Crippen LogP contribution is 2.31. The number of rotatable bonds is 3. The van der Waals surface area contributed by atoms with Gasteiger partial charge in [-0.05, 0) is 31.9 Å². The number of carbonyl (C=O) groups excluding carboxylic acids is 1. The number of hydrogen-bond acceptors (Lipinski definition) is 2. The Hall–Kier alpha value is -1.78. The van der Waals surface area contributed by atoms with Crippen molar-refractivity contribution in [3.8, 4) is 0 Å². The summed E-state index contributed by atoms with van der Waals surface area (Å²) in [5, 5.41) is 8.87. The summed E-state index contributed by atoms with van der Waals surface area (Å²) < 4.78 is 0. The molecule has 1 aromatic heterocycles. The number of nitrogens with one attached hydrogen (secondary N) is 1. The lowest BCUT2D eigenvalue weighted by atomic mass is 10.1. The molecule has 1 amide bonds. The molecule has 1 fully saturated rings. The molecule has 0 saturated carbocycles. The summed E-state index contributed by atoms with van der Waals surface area (Å²) in [7, 11) is 0. The minimum absolute atomic E-state index is 0.000648. The van der Waals surface area contributed by atoms with E-state index in [0.29, 0.717) is 6.54 Å². The number of carboxylic acids is 1. The molecule has 2 N–H and O–H groups in total. The fourth-order valence-electron chi connectivity index (χ4n) is 2.26. The SMILES string of the molecule is CC(C(=O)O)C(=O)N1CCCC1c1ccc[nH]1. The molecular formula is C12H16N2O3. The molecular weight excluding hydrogens is 220 g/mol. The zero-order valence-corrected chi connectivity index (χ0v) is 9.72. The van der Waals surface area contributed by atoms with Gasteiger partial charge in [0.1, 0.15) is 5.92 Å². The standard InChI is InChI=1S/C12H16N2O3/c1-8(12(16)17)11(15)14-7-3-5-10(14)9-4-2-6-13-9/h2,4,6,8,10,13H,3,5,7H2,1H3,(H,16,17).